The third-order valence-electron chi connectivity index (χ3n) is 3.32. The number of methoxy groups -OCH3 is 1. The van der Waals surface area contributed by atoms with Crippen molar-refractivity contribution in [2.45, 2.75) is 32.9 Å². The second-order valence-corrected chi connectivity index (χ2v) is 5.06. The Morgan fingerprint density at radius 1 is 1.37 bits per heavy atom. The van der Waals surface area contributed by atoms with Crippen LogP contribution < -0.4 is 10.1 Å². The quantitative estimate of drug-likeness (QED) is 0.734. The van der Waals surface area contributed by atoms with E-state index < -0.39 is 0 Å². The molecule has 0 saturated heterocycles. The van der Waals surface area contributed by atoms with Gasteiger partial charge in [0.1, 0.15) is 11.6 Å². The van der Waals surface area contributed by atoms with E-state index in [1.807, 2.05) is 0 Å². The van der Waals surface area contributed by atoms with E-state index in [-0.39, 0.29) is 5.82 Å². The van der Waals surface area contributed by atoms with Crippen LogP contribution in [0.1, 0.15) is 25.8 Å². The van der Waals surface area contributed by atoms with E-state index in [0.29, 0.717) is 23.9 Å². The van der Waals surface area contributed by atoms with Crippen LogP contribution in [0.2, 0.25) is 0 Å². The summed E-state index contributed by atoms with van der Waals surface area (Å²) in [4.78, 5) is 2.30. The summed E-state index contributed by atoms with van der Waals surface area (Å²) in [6.45, 7) is 6.86. The smallest absolute Gasteiger partial charge is 0.131 e. The maximum Gasteiger partial charge on any atom is 0.131 e. The van der Waals surface area contributed by atoms with Gasteiger partial charge >= 0.3 is 0 Å². The Hall–Kier alpha value is -1.13. The van der Waals surface area contributed by atoms with Crippen molar-refractivity contribution in [3.8, 4) is 5.75 Å². The molecular weight excluding hydrogens is 243 g/mol. The molecule has 4 heteroatoms. The minimum Gasteiger partial charge on any atom is -0.497 e. The summed E-state index contributed by atoms with van der Waals surface area (Å²) in [6.07, 6.45) is 1.06. The number of benzene rings is 1. The van der Waals surface area contributed by atoms with E-state index >= 15 is 0 Å². The summed E-state index contributed by atoms with van der Waals surface area (Å²) >= 11 is 0. The van der Waals surface area contributed by atoms with Crippen LogP contribution in [-0.2, 0) is 6.54 Å². The predicted molar refractivity (Wildman–Crippen MR) is 77.0 cm³/mol. The standard InChI is InChI=1S/C15H25FN2O/c1-12(2)18(3)9-5-8-17-11-13-6-7-14(19-4)10-15(13)16/h6-7,10,12,17H,5,8-9,11H2,1-4H3. The van der Waals surface area contributed by atoms with Crippen molar-refractivity contribution in [1.29, 1.82) is 0 Å². The van der Waals surface area contributed by atoms with Crippen molar-refractivity contribution in [1.82, 2.24) is 10.2 Å². The van der Waals surface area contributed by atoms with Gasteiger partial charge in [-0.3, -0.25) is 0 Å². The van der Waals surface area contributed by atoms with Crippen LogP contribution in [0.15, 0.2) is 18.2 Å². The molecule has 0 spiro atoms. The molecule has 1 aromatic rings. The van der Waals surface area contributed by atoms with Gasteiger partial charge in [-0.05, 0) is 46.5 Å². The fourth-order valence-electron chi connectivity index (χ4n) is 1.73. The van der Waals surface area contributed by atoms with Gasteiger partial charge in [-0.1, -0.05) is 6.07 Å². The van der Waals surface area contributed by atoms with Gasteiger partial charge in [0.25, 0.3) is 0 Å². The van der Waals surface area contributed by atoms with Crippen LogP contribution in [-0.4, -0.2) is 38.2 Å². The SMILES string of the molecule is COc1ccc(CNCCCN(C)C(C)C)c(F)c1. The van der Waals surface area contributed by atoms with Crippen molar-refractivity contribution in [2.75, 3.05) is 27.2 Å². The summed E-state index contributed by atoms with van der Waals surface area (Å²) in [5, 5.41) is 3.27. The summed E-state index contributed by atoms with van der Waals surface area (Å²) < 4.78 is 18.6. The molecule has 0 fully saturated rings. The summed E-state index contributed by atoms with van der Waals surface area (Å²) in [5.74, 6) is 0.339. The van der Waals surface area contributed by atoms with E-state index in [4.69, 9.17) is 4.74 Å². The molecule has 1 aromatic carbocycles. The Morgan fingerprint density at radius 3 is 2.68 bits per heavy atom. The van der Waals surface area contributed by atoms with Gasteiger partial charge in [-0.25, -0.2) is 4.39 Å². The van der Waals surface area contributed by atoms with Crippen molar-refractivity contribution in [3.63, 3.8) is 0 Å². The molecule has 0 unspecified atom stereocenters. The third-order valence-corrected chi connectivity index (χ3v) is 3.32. The zero-order chi connectivity index (χ0) is 14.3. The van der Waals surface area contributed by atoms with E-state index in [1.54, 1.807) is 12.1 Å². The Labute approximate surface area is 115 Å². The van der Waals surface area contributed by atoms with Crippen molar-refractivity contribution >= 4 is 0 Å². The highest BCUT2D eigenvalue weighted by molar-refractivity contribution is 5.28. The fourth-order valence-corrected chi connectivity index (χ4v) is 1.73. The van der Waals surface area contributed by atoms with Crippen LogP contribution >= 0.6 is 0 Å². The van der Waals surface area contributed by atoms with Crippen molar-refractivity contribution < 1.29 is 9.13 Å². The van der Waals surface area contributed by atoms with E-state index in [0.717, 1.165) is 19.5 Å². The molecule has 0 aliphatic heterocycles. The zero-order valence-corrected chi connectivity index (χ0v) is 12.4. The van der Waals surface area contributed by atoms with Gasteiger partial charge < -0.3 is 15.0 Å². The first-order valence-corrected chi connectivity index (χ1v) is 6.78. The molecule has 0 heterocycles. The number of nitrogens with zero attached hydrogens (tertiary/aromatic N) is 1. The molecule has 0 atom stereocenters. The molecule has 0 amide bonds. The lowest BCUT2D eigenvalue weighted by molar-refractivity contribution is 0.269. The summed E-state index contributed by atoms with van der Waals surface area (Å²) in [5.41, 5.74) is 0.679. The van der Waals surface area contributed by atoms with Gasteiger partial charge in [-0.15, -0.1) is 0 Å². The largest absolute Gasteiger partial charge is 0.497 e. The highest BCUT2D eigenvalue weighted by Crippen LogP contribution is 2.15. The zero-order valence-electron chi connectivity index (χ0n) is 12.4. The van der Waals surface area contributed by atoms with E-state index in [9.17, 15) is 4.39 Å². The Morgan fingerprint density at radius 2 is 2.11 bits per heavy atom. The van der Waals surface area contributed by atoms with Crippen molar-refractivity contribution in [3.05, 3.63) is 29.6 Å². The number of nitrogens with one attached hydrogen (secondary N) is 1. The van der Waals surface area contributed by atoms with Crippen LogP contribution in [0.25, 0.3) is 0 Å². The fraction of sp³-hybridized carbons (Fsp3) is 0.600. The molecule has 108 valence electrons. The van der Waals surface area contributed by atoms with Crippen LogP contribution in [0.4, 0.5) is 4.39 Å². The first-order valence-electron chi connectivity index (χ1n) is 6.78. The minimum atomic E-state index is -0.217. The third kappa shape index (κ3) is 5.57. The van der Waals surface area contributed by atoms with Crippen LogP contribution in [0.5, 0.6) is 5.75 Å². The first kappa shape index (κ1) is 15.9. The van der Waals surface area contributed by atoms with E-state index in [2.05, 4.69) is 31.1 Å². The Kier molecular flexibility index (Phi) is 6.81. The second-order valence-electron chi connectivity index (χ2n) is 5.06. The lowest BCUT2D eigenvalue weighted by Gasteiger charge is -2.20. The second kappa shape index (κ2) is 8.12. The Bertz CT molecular complexity index is 382. The van der Waals surface area contributed by atoms with Gasteiger partial charge in [0.15, 0.2) is 0 Å². The number of ether oxygens (including phenoxy) is 1. The topological polar surface area (TPSA) is 24.5 Å². The summed E-state index contributed by atoms with van der Waals surface area (Å²) in [7, 11) is 3.66. The van der Waals surface area contributed by atoms with Crippen LogP contribution in [0.3, 0.4) is 0 Å². The molecule has 0 saturated carbocycles. The van der Waals surface area contributed by atoms with Crippen LogP contribution in [0, 0.1) is 5.82 Å². The lowest BCUT2D eigenvalue weighted by atomic mass is 10.2. The van der Waals surface area contributed by atoms with Gasteiger partial charge in [0, 0.05) is 24.2 Å². The molecular formula is C15H25FN2O. The highest BCUT2D eigenvalue weighted by Gasteiger charge is 2.04. The maximum atomic E-state index is 13.7. The number of hydrogen-bond donors (Lipinski definition) is 1. The normalized spacial score (nSPS) is 11.3. The van der Waals surface area contributed by atoms with E-state index in [1.165, 1.54) is 13.2 Å². The van der Waals surface area contributed by atoms with Gasteiger partial charge in [0.05, 0.1) is 7.11 Å². The minimum absolute atomic E-state index is 0.217. The summed E-state index contributed by atoms with van der Waals surface area (Å²) in [6, 6.07) is 5.54. The monoisotopic (exact) mass is 268 g/mol. The molecule has 0 aliphatic rings. The highest BCUT2D eigenvalue weighted by atomic mass is 19.1. The molecule has 19 heavy (non-hydrogen) atoms. The van der Waals surface area contributed by atoms with Gasteiger partial charge in [0.2, 0.25) is 0 Å². The number of halogens is 1. The molecule has 1 N–H and O–H groups in total. The molecule has 1 rings (SSSR count). The molecule has 3 nitrogen and oxygen atoms in total. The number of rotatable bonds is 8. The molecule has 0 bridgehead atoms. The lowest BCUT2D eigenvalue weighted by Crippen LogP contribution is -2.29. The average Bonchev–Trinajstić information content (AvgIpc) is 2.39. The average molecular weight is 268 g/mol. The number of hydrogen-bond acceptors (Lipinski definition) is 3. The Balaban J connectivity index is 2.26. The van der Waals surface area contributed by atoms with Gasteiger partial charge in [-0.2, -0.15) is 0 Å². The predicted octanol–water partition coefficient (Wildman–Crippen LogP) is 2.65. The molecule has 0 aromatic heterocycles. The first-order chi connectivity index (χ1) is 9.04. The van der Waals surface area contributed by atoms with Crippen molar-refractivity contribution in [2.24, 2.45) is 0 Å². The molecule has 0 aliphatic carbocycles. The molecule has 0 radical (unpaired) electrons. The maximum absolute atomic E-state index is 13.7.